The lowest BCUT2D eigenvalue weighted by Crippen LogP contribution is -2.23. The zero-order valence-corrected chi connectivity index (χ0v) is 13.0. The Labute approximate surface area is 130 Å². The van der Waals surface area contributed by atoms with E-state index in [-0.39, 0.29) is 0 Å². The summed E-state index contributed by atoms with van der Waals surface area (Å²) >= 11 is 2.17. The van der Waals surface area contributed by atoms with Gasteiger partial charge < -0.3 is 5.11 Å². The van der Waals surface area contributed by atoms with Crippen molar-refractivity contribution in [3.63, 3.8) is 0 Å². The van der Waals surface area contributed by atoms with Crippen LogP contribution in [0.3, 0.4) is 0 Å². The van der Waals surface area contributed by atoms with Crippen molar-refractivity contribution < 1.29 is 9.90 Å². The van der Waals surface area contributed by atoms with Crippen LogP contribution in [-0.4, -0.2) is 23.2 Å². The van der Waals surface area contributed by atoms with Crippen LogP contribution in [-0.2, 0) is 0 Å². The molecule has 2 rings (SSSR count). The summed E-state index contributed by atoms with van der Waals surface area (Å²) in [5.41, 5.74) is 2.53. The molecule has 1 aromatic heterocycles. The zero-order chi connectivity index (χ0) is 14.5. The Morgan fingerprint density at radius 1 is 1.20 bits per heavy atom. The number of rotatable bonds is 3. The number of hydrogen-bond acceptors (Lipinski definition) is 2. The second kappa shape index (κ2) is 6.51. The molecule has 1 heterocycles. The highest BCUT2D eigenvalue weighted by atomic mass is 127. The lowest BCUT2D eigenvalue weighted by Gasteiger charge is -2.12. The highest BCUT2D eigenvalue weighted by molar-refractivity contribution is 14.1. The molecule has 0 aliphatic rings. The highest BCUT2D eigenvalue weighted by Gasteiger charge is 2.06. The van der Waals surface area contributed by atoms with E-state index in [2.05, 4.69) is 27.6 Å². The minimum absolute atomic E-state index is 0.641. The molecule has 20 heavy (non-hydrogen) atoms. The van der Waals surface area contributed by atoms with Crippen molar-refractivity contribution in [2.75, 3.05) is 11.9 Å². The predicted molar refractivity (Wildman–Crippen MR) is 88.8 cm³/mol. The van der Waals surface area contributed by atoms with Crippen molar-refractivity contribution in [3.8, 4) is 0 Å². The highest BCUT2D eigenvalue weighted by Crippen LogP contribution is 2.15. The molecule has 0 bridgehead atoms. The number of pyridine rings is 1. The van der Waals surface area contributed by atoms with E-state index in [4.69, 9.17) is 5.11 Å². The van der Waals surface area contributed by atoms with Gasteiger partial charge >= 0.3 is 6.09 Å². The number of hydrogen-bond donors (Lipinski definition) is 1. The van der Waals surface area contributed by atoms with Gasteiger partial charge in [-0.05, 0) is 58.5 Å². The molecule has 0 saturated heterocycles. The summed E-state index contributed by atoms with van der Waals surface area (Å²) in [6, 6.07) is 13.1. The molecule has 0 radical (unpaired) electrons. The summed E-state index contributed by atoms with van der Waals surface area (Å²) in [6.07, 6.45) is 2.90. The van der Waals surface area contributed by atoms with Crippen LogP contribution in [0.4, 0.5) is 10.5 Å². The van der Waals surface area contributed by atoms with E-state index >= 15 is 0 Å². The fraction of sp³-hybridized carbons (Fsp3) is 0.0667. The monoisotopic (exact) mass is 380 g/mol. The zero-order valence-electron chi connectivity index (χ0n) is 10.8. The van der Waals surface area contributed by atoms with Crippen LogP contribution < -0.4 is 4.90 Å². The molecule has 1 N–H and O–H groups in total. The average molecular weight is 380 g/mol. The van der Waals surface area contributed by atoms with Gasteiger partial charge in [0.2, 0.25) is 0 Å². The molecule has 0 atom stereocenters. The van der Waals surface area contributed by atoms with Gasteiger partial charge in [0.05, 0.1) is 5.69 Å². The van der Waals surface area contributed by atoms with Crippen LogP contribution in [0.15, 0.2) is 42.5 Å². The molecule has 2 aromatic rings. The molecule has 0 fully saturated rings. The molecule has 5 heteroatoms. The van der Waals surface area contributed by atoms with Crippen LogP contribution in [0.1, 0.15) is 11.3 Å². The maximum Gasteiger partial charge on any atom is 0.411 e. The summed E-state index contributed by atoms with van der Waals surface area (Å²) in [5.74, 6) is 0. The first-order valence-corrected chi connectivity index (χ1v) is 7.01. The molecule has 102 valence electrons. The third-order valence-corrected chi connectivity index (χ3v) is 3.35. The lowest BCUT2D eigenvalue weighted by atomic mass is 10.1. The summed E-state index contributed by atoms with van der Waals surface area (Å²) in [4.78, 5) is 16.4. The van der Waals surface area contributed by atoms with Crippen LogP contribution in [0, 0.1) is 3.70 Å². The van der Waals surface area contributed by atoms with Gasteiger partial charge in [-0.15, -0.1) is 0 Å². The minimum atomic E-state index is -0.976. The summed E-state index contributed by atoms with van der Waals surface area (Å²) in [5, 5.41) is 8.89. The third kappa shape index (κ3) is 3.80. The summed E-state index contributed by atoms with van der Waals surface area (Å²) in [7, 11) is 1.52. The number of carbonyl (C=O) groups is 1. The maximum atomic E-state index is 10.8. The first-order valence-electron chi connectivity index (χ1n) is 5.93. The van der Waals surface area contributed by atoms with Crippen molar-refractivity contribution in [1.29, 1.82) is 0 Å². The Morgan fingerprint density at radius 2 is 1.90 bits per heavy atom. The third-order valence-electron chi connectivity index (χ3n) is 2.75. The van der Waals surface area contributed by atoms with Gasteiger partial charge in [0, 0.05) is 12.7 Å². The van der Waals surface area contributed by atoms with Gasteiger partial charge in [0.1, 0.15) is 3.70 Å². The molecular weight excluding hydrogens is 367 g/mol. The molecule has 0 aliphatic carbocycles. The van der Waals surface area contributed by atoms with Crippen molar-refractivity contribution in [3.05, 3.63) is 57.4 Å². The number of aromatic nitrogens is 1. The molecular formula is C15H13IN2O2. The van der Waals surface area contributed by atoms with E-state index in [0.29, 0.717) is 5.69 Å². The van der Waals surface area contributed by atoms with Gasteiger partial charge in [0.15, 0.2) is 0 Å². The molecule has 1 aromatic carbocycles. The summed E-state index contributed by atoms with van der Waals surface area (Å²) < 4.78 is 0.947. The summed E-state index contributed by atoms with van der Waals surface area (Å²) in [6.45, 7) is 0. The number of benzene rings is 1. The molecule has 4 nitrogen and oxygen atoms in total. The van der Waals surface area contributed by atoms with Gasteiger partial charge in [0.25, 0.3) is 0 Å². The molecule has 0 aliphatic heterocycles. The van der Waals surface area contributed by atoms with Gasteiger partial charge in [-0.3, -0.25) is 4.90 Å². The number of carboxylic acid groups (broad SMARTS) is 1. The van der Waals surface area contributed by atoms with E-state index in [0.717, 1.165) is 15.0 Å². The smallest absolute Gasteiger partial charge is 0.411 e. The number of halogens is 1. The normalized spacial score (nSPS) is 10.7. The van der Waals surface area contributed by atoms with Crippen LogP contribution in [0.25, 0.3) is 12.2 Å². The van der Waals surface area contributed by atoms with Gasteiger partial charge in [-0.1, -0.05) is 24.3 Å². The van der Waals surface area contributed by atoms with E-state index in [9.17, 15) is 4.79 Å². The Bertz CT molecular complexity index is 639. The Hall–Kier alpha value is -1.89. The lowest BCUT2D eigenvalue weighted by molar-refractivity contribution is 0.203. The Morgan fingerprint density at radius 3 is 2.50 bits per heavy atom. The second-order valence-corrected chi connectivity index (χ2v) is 5.26. The fourth-order valence-corrected chi connectivity index (χ4v) is 2.10. The topological polar surface area (TPSA) is 53.4 Å². The molecule has 0 unspecified atom stereocenters. The number of nitrogens with zero attached hydrogens (tertiary/aromatic N) is 2. The molecule has 0 spiro atoms. The van der Waals surface area contributed by atoms with Crippen LogP contribution >= 0.6 is 22.6 Å². The van der Waals surface area contributed by atoms with Crippen LogP contribution in [0.2, 0.25) is 0 Å². The predicted octanol–water partition coefficient (Wildman–Crippen LogP) is 3.97. The van der Waals surface area contributed by atoms with Crippen molar-refractivity contribution in [2.24, 2.45) is 0 Å². The Balaban J connectivity index is 2.13. The van der Waals surface area contributed by atoms with Crippen molar-refractivity contribution in [2.45, 2.75) is 0 Å². The fourth-order valence-electron chi connectivity index (χ4n) is 1.62. The maximum absolute atomic E-state index is 10.8. The minimum Gasteiger partial charge on any atom is -0.465 e. The Kier molecular flexibility index (Phi) is 4.73. The van der Waals surface area contributed by atoms with E-state index in [1.165, 1.54) is 11.9 Å². The van der Waals surface area contributed by atoms with Gasteiger partial charge in [-0.25, -0.2) is 9.78 Å². The van der Waals surface area contributed by atoms with Crippen molar-refractivity contribution in [1.82, 2.24) is 4.98 Å². The quantitative estimate of drug-likeness (QED) is 0.648. The first kappa shape index (κ1) is 14.5. The van der Waals surface area contributed by atoms with Crippen LogP contribution in [0.5, 0.6) is 0 Å². The van der Waals surface area contributed by atoms with E-state index in [1.54, 1.807) is 12.1 Å². The largest absolute Gasteiger partial charge is 0.465 e. The number of amides is 1. The standard InChI is InChI=1S/C15H13IN2O2/c1-18(15(19)20)13-9-6-11(7-10-13)5-8-12-3-2-4-14(16)17-12/h2-10H,1H3,(H,19,20)/b8-5+. The number of anilines is 1. The van der Waals surface area contributed by atoms with Gasteiger partial charge in [-0.2, -0.15) is 0 Å². The van der Waals surface area contributed by atoms with E-state index in [1.807, 2.05) is 42.5 Å². The molecule has 1 amide bonds. The average Bonchev–Trinajstić information content (AvgIpc) is 2.45. The second-order valence-electron chi connectivity index (χ2n) is 4.15. The first-order chi connectivity index (χ1) is 9.56. The molecule has 0 saturated carbocycles. The SMILES string of the molecule is CN(C(=O)O)c1ccc(/C=C/c2cccc(I)n2)cc1. The van der Waals surface area contributed by atoms with E-state index < -0.39 is 6.09 Å². The van der Waals surface area contributed by atoms with Crippen molar-refractivity contribution >= 4 is 46.5 Å².